The van der Waals surface area contributed by atoms with Crippen LogP contribution in [0.4, 0.5) is 0 Å². The van der Waals surface area contributed by atoms with Crippen molar-refractivity contribution in [3.63, 3.8) is 0 Å². The smallest absolute Gasteiger partial charge is 0.307 e. The summed E-state index contributed by atoms with van der Waals surface area (Å²) in [5.41, 5.74) is 5.73. The molecule has 4 nitrogen and oxygen atoms in total. The van der Waals surface area contributed by atoms with Gasteiger partial charge in [0.25, 0.3) is 0 Å². The van der Waals surface area contributed by atoms with Crippen molar-refractivity contribution in [3.05, 3.63) is 0 Å². The fourth-order valence-electron chi connectivity index (χ4n) is 1.83. The molecule has 0 spiro atoms. The van der Waals surface area contributed by atoms with Crippen molar-refractivity contribution in [2.24, 2.45) is 5.73 Å². The Morgan fingerprint density at radius 2 is 2.00 bits per heavy atom. The molecule has 0 bridgehead atoms. The lowest BCUT2D eigenvalue weighted by Gasteiger charge is -2.21. The Balaban J connectivity index is 2.19. The van der Waals surface area contributed by atoms with E-state index in [1.54, 1.807) is 7.11 Å². The van der Waals surface area contributed by atoms with Gasteiger partial charge in [-0.3, -0.25) is 4.79 Å². The number of rotatable bonds is 5. The van der Waals surface area contributed by atoms with E-state index in [0.29, 0.717) is 19.6 Å². The third-order valence-corrected chi connectivity index (χ3v) is 2.65. The fourth-order valence-corrected chi connectivity index (χ4v) is 1.83. The second-order valence-corrected chi connectivity index (χ2v) is 3.96. The predicted molar refractivity (Wildman–Crippen MR) is 52.8 cm³/mol. The molecule has 1 saturated carbocycles. The van der Waals surface area contributed by atoms with Crippen LogP contribution in [0.3, 0.4) is 0 Å². The third kappa shape index (κ3) is 3.64. The maximum atomic E-state index is 11.3. The third-order valence-electron chi connectivity index (χ3n) is 2.65. The summed E-state index contributed by atoms with van der Waals surface area (Å²) in [4.78, 5) is 11.3. The van der Waals surface area contributed by atoms with Crippen molar-refractivity contribution in [1.82, 2.24) is 0 Å². The number of carbonyl (C=O) groups excluding carboxylic acids is 1. The molecular weight excluding hydrogens is 182 g/mol. The minimum Gasteiger partial charge on any atom is -0.463 e. The minimum absolute atomic E-state index is 0.202. The molecule has 4 heteroatoms. The van der Waals surface area contributed by atoms with Crippen LogP contribution in [0.5, 0.6) is 0 Å². The Morgan fingerprint density at radius 1 is 1.36 bits per heavy atom. The normalized spacial score (nSPS) is 19.6. The summed E-state index contributed by atoms with van der Waals surface area (Å²) in [5, 5.41) is 0. The van der Waals surface area contributed by atoms with E-state index in [9.17, 15) is 4.79 Å². The van der Waals surface area contributed by atoms with Crippen LogP contribution < -0.4 is 5.73 Å². The van der Waals surface area contributed by atoms with Gasteiger partial charge in [0.15, 0.2) is 0 Å². The topological polar surface area (TPSA) is 61.5 Å². The zero-order valence-electron chi connectivity index (χ0n) is 8.75. The van der Waals surface area contributed by atoms with E-state index in [1.807, 2.05) is 0 Å². The highest BCUT2D eigenvalue weighted by Gasteiger charge is 2.32. The number of ether oxygens (including phenoxy) is 2. The van der Waals surface area contributed by atoms with E-state index < -0.39 is 0 Å². The molecule has 0 amide bonds. The Morgan fingerprint density at radius 3 is 2.57 bits per heavy atom. The summed E-state index contributed by atoms with van der Waals surface area (Å²) in [6.07, 6.45) is 4.47. The van der Waals surface area contributed by atoms with Crippen LogP contribution in [-0.2, 0) is 14.3 Å². The molecule has 0 radical (unpaired) electrons. The van der Waals surface area contributed by atoms with Gasteiger partial charge in [0, 0.05) is 12.6 Å². The molecule has 1 fully saturated rings. The van der Waals surface area contributed by atoms with E-state index in [-0.39, 0.29) is 11.5 Å². The molecule has 0 unspecified atom stereocenters. The number of hydrogen-bond acceptors (Lipinski definition) is 4. The maximum absolute atomic E-state index is 11.3. The van der Waals surface area contributed by atoms with Gasteiger partial charge in [-0.25, -0.2) is 0 Å². The molecular formula is C10H19NO3. The second kappa shape index (κ2) is 5.32. The molecule has 2 N–H and O–H groups in total. The van der Waals surface area contributed by atoms with E-state index >= 15 is 0 Å². The number of methoxy groups -OCH3 is 1. The summed E-state index contributed by atoms with van der Waals surface area (Å²) >= 11 is 0. The van der Waals surface area contributed by atoms with Crippen molar-refractivity contribution in [3.8, 4) is 0 Å². The van der Waals surface area contributed by atoms with E-state index in [4.69, 9.17) is 15.2 Å². The van der Waals surface area contributed by atoms with E-state index in [0.717, 1.165) is 25.7 Å². The van der Waals surface area contributed by atoms with E-state index in [2.05, 4.69) is 0 Å². The first kappa shape index (κ1) is 11.5. The SMILES string of the molecule is COCCOC(=O)CC1(N)CCCC1. The van der Waals surface area contributed by atoms with Gasteiger partial charge in [0.05, 0.1) is 13.0 Å². The van der Waals surface area contributed by atoms with Crippen LogP contribution >= 0.6 is 0 Å². The summed E-state index contributed by atoms with van der Waals surface area (Å²) < 4.78 is 9.74. The molecule has 0 saturated heterocycles. The first-order chi connectivity index (χ1) is 6.66. The van der Waals surface area contributed by atoms with Crippen molar-refractivity contribution < 1.29 is 14.3 Å². The Bertz CT molecular complexity index is 188. The lowest BCUT2D eigenvalue weighted by atomic mass is 9.95. The highest BCUT2D eigenvalue weighted by Crippen LogP contribution is 2.30. The quantitative estimate of drug-likeness (QED) is 0.529. The van der Waals surface area contributed by atoms with Crippen LogP contribution in [0.15, 0.2) is 0 Å². The van der Waals surface area contributed by atoms with E-state index in [1.165, 1.54) is 0 Å². The molecule has 1 aliphatic rings. The van der Waals surface area contributed by atoms with Crippen LogP contribution in [0.25, 0.3) is 0 Å². The average molecular weight is 201 g/mol. The van der Waals surface area contributed by atoms with Gasteiger partial charge in [0.2, 0.25) is 0 Å². The number of hydrogen-bond donors (Lipinski definition) is 1. The van der Waals surface area contributed by atoms with Crippen molar-refractivity contribution in [2.75, 3.05) is 20.3 Å². The summed E-state index contributed by atoms with van der Waals surface area (Å²) in [5.74, 6) is -0.202. The van der Waals surface area contributed by atoms with Gasteiger partial charge >= 0.3 is 5.97 Å². The molecule has 0 aromatic rings. The first-order valence-corrected chi connectivity index (χ1v) is 5.10. The largest absolute Gasteiger partial charge is 0.463 e. The first-order valence-electron chi connectivity index (χ1n) is 5.10. The molecule has 0 heterocycles. The molecule has 1 aliphatic carbocycles. The van der Waals surface area contributed by atoms with Gasteiger partial charge in [-0.2, -0.15) is 0 Å². The summed E-state index contributed by atoms with van der Waals surface area (Å²) in [6, 6.07) is 0. The summed E-state index contributed by atoms with van der Waals surface area (Å²) in [6.45, 7) is 0.773. The van der Waals surface area contributed by atoms with Crippen molar-refractivity contribution >= 4 is 5.97 Å². The molecule has 0 aliphatic heterocycles. The standard InChI is InChI=1S/C10H19NO3/c1-13-6-7-14-9(12)8-10(11)4-2-3-5-10/h2-8,11H2,1H3. The fraction of sp³-hybridized carbons (Fsp3) is 0.900. The monoisotopic (exact) mass is 201 g/mol. The molecule has 82 valence electrons. The Labute approximate surface area is 84.7 Å². The Kier molecular flexibility index (Phi) is 4.35. The van der Waals surface area contributed by atoms with Gasteiger partial charge < -0.3 is 15.2 Å². The maximum Gasteiger partial charge on any atom is 0.307 e. The van der Waals surface area contributed by atoms with Gasteiger partial charge in [-0.15, -0.1) is 0 Å². The van der Waals surface area contributed by atoms with Crippen molar-refractivity contribution in [2.45, 2.75) is 37.6 Å². The molecule has 0 aromatic carbocycles. The van der Waals surface area contributed by atoms with Crippen molar-refractivity contribution in [1.29, 1.82) is 0 Å². The van der Waals surface area contributed by atoms with Crippen LogP contribution in [0, 0.1) is 0 Å². The average Bonchev–Trinajstić information content (AvgIpc) is 2.52. The van der Waals surface area contributed by atoms with Crippen LogP contribution in [-0.4, -0.2) is 31.8 Å². The second-order valence-electron chi connectivity index (χ2n) is 3.96. The van der Waals surface area contributed by atoms with Crippen LogP contribution in [0.2, 0.25) is 0 Å². The zero-order valence-corrected chi connectivity index (χ0v) is 8.75. The van der Waals surface area contributed by atoms with Crippen LogP contribution in [0.1, 0.15) is 32.1 Å². The van der Waals surface area contributed by atoms with Gasteiger partial charge in [-0.1, -0.05) is 12.8 Å². The Hall–Kier alpha value is -0.610. The predicted octanol–water partition coefficient (Wildman–Crippen LogP) is 0.838. The minimum atomic E-state index is -0.301. The van der Waals surface area contributed by atoms with Gasteiger partial charge in [0.1, 0.15) is 6.61 Å². The lowest BCUT2D eigenvalue weighted by Crippen LogP contribution is -2.39. The molecule has 1 rings (SSSR count). The molecule has 0 aromatic heterocycles. The molecule has 0 atom stereocenters. The highest BCUT2D eigenvalue weighted by atomic mass is 16.6. The number of carbonyl (C=O) groups is 1. The summed E-state index contributed by atoms with van der Waals surface area (Å²) in [7, 11) is 1.58. The highest BCUT2D eigenvalue weighted by molar-refractivity contribution is 5.70. The molecule has 14 heavy (non-hydrogen) atoms. The zero-order chi connectivity index (χ0) is 10.4. The van der Waals surface area contributed by atoms with Gasteiger partial charge in [-0.05, 0) is 12.8 Å². The number of esters is 1. The lowest BCUT2D eigenvalue weighted by molar-refractivity contribution is -0.146. The number of nitrogens with two attached hydrogens (primary N) is 1.